The highest BCUT2D eigenvalue weighted by Crippen LogP contribution is 2.32. The van der Waals surface area contributed by atoms with Gasteiger partial charge < -0.3 is 24.7 Å². The van der Waals surface area contributed by atoms with E-state index in [1.54, 1.807) is 18.2 Å². The first-order valence-corrected chi connectivity index (χ1v) is 10.7. The van der Waals surface area contributed by atoms with Crippen LogP contribution in [0, 0.1) is 0 Å². The minimum absolute atomic E-state index is 0. The van der Waals surface area contributed by atoms with Crippen LogP contribution in [0.2, 0.25) is 10.0 Å². The molecule has 1 aliphatic rings. The molecule has 2 unspecified atom stereocenters. The lowest BCUT2D eigenvalue weighted by Gasteiger charge is -2.38. The fourth-order valence-corrected chi connectivity index (χ4v) is 3.85. The van der Waals surface area contributed by atoms with Crippen LogP contribution in [0.4, 0.5) is 0 Å². The second kappa shape index (κ2) is 13.1. The number of hydrogen-bond donors (Lipinski definition) is 1. The van der Waals surface area contributed by atoms with Crippen LogP contribution in [0.5, 0.6) is 11.5 Å². The Balaban J connectivity index is 0.00000341. The van der Waals surface area contributed by atoms with Gasteiger partial charge in [-0.15, -0.1) is 12.4 Å². The largest absolute Gasteiger partial charge is 0.490 e. The molecule has 6 nitrogen and oxygen atoms in total. The van der Waals surface area contributed by atoms with Gasteiger partial charge in [0.2, 0.25) is 0 Å². The zero-order valence-corrected chi connectivity index (χ0v) is 19.4. The van der Waals surface area contributed by atoms with Crippen molar-refractivity contribution in [3.8, 4) is 11.5 Å². The van der Waals surface area contributed by atoms with E-state index in [9.17, 15) is 4.79 Å². The van der Waals surface area contributed by atoms with Gasteiger partial charge in [-0.3, -0.25) is 4.90 Å². The van der Waals surface area contributed by atoms with Gasteiger partial charge in [0.05, 0.1) is 28.9 Å². The molecule has 9 heteroatoms. The lowest BCUT2D eigenvalue weighted by molar-refractivity contribution is -0.109. The Morgan fingerprint density at radius 1 is 1.10 bits per heavy atom. The molecule has 0 bridgehead atoms. The fourth-order valence-electron chi connectivity index (χ4n) is 3.34. The summed E-state index contributed by atoms with van der Waals surface area (Å²) in [4.78, 5) is 12.7. The monoisotopic (exact) mass is 488 g/mol. The summed E-state index contributed by atoms with van der Waals surface area (Å²) in [6, 6.07) is 13.1. The van der Waals surface area contributed by atoms with Crippen LogP contribution in [0.15, 0.2) is 42.5 Å². The number of nitrogens with two attached hydrogens (primary N) is 1. The summed E-state index contributed by atoms with van der Waals surface area (Å²) in [5.74, 6) is 1.21. The maximum Gasteiger partial charge on any atom is 0.156 e. The van der Waals surface area contributed by atoms with Crippen molar-refractivity contribution in [3.63, 3.8) is 0 Å². The van der Waals surface area contributed by atoms with Crippen LogP contribution in [-0.2, 0) is 16.0 Å². The molecule has 0 spiro atoms. The van der Waals surface area contributed by atoms with Crippen LogP contribution in [0.1, 0.15) is 12.0 Å². The number of para-hydroxylation sites is 1. The number of ether oxygens (including phenoxy) is 3. The van der Waals surface area contributed by atoms with Gasteiger partial charge in [0.25, 0.3) is 0 Å². The van der Waals surface area contributed by atoms with Crippen LogP contribution in [-0.4, -0.2) is 56.4 Å². The third kappa shape index (κ3) is 7.52. The third-order valence-electron chi connectivity index (χ3n) is 4.92. The Morgan fingerprint density at radius 2 is 1.77 bits per heavy atom. The maximum atomic E-state index is 10.6. The smallest absolute Gasteiger partial charge is 0.156 e. The summed E-state index contributed by atoms with van der Waals surface area (Å²) in [5, 5.41) is 0.944. The topological polar surface area (TPSA) is 74.0 Å². The summed E-state index contributed by atoms with van der Waals surface area (Å²) < 4.78 is 17.2. The van der Waals surface area contributed by atoms with E-state index in [-0.39, 0.29) is 24.7 Å². The minimum Gasteiger partial charge on any atom is -0.490 e. The number of carbonyl (C=O) groups is 1. The lowest BCUT2D eigenvalue weighted by Crippen LogP contribution is -2.57. The Hall–Kier alpha value is -1.54. The highest BCUT2D eigenvalue weighted by atomic mass is 35.5. The summed E-state index contributed by atoms with van der Waals surface area (Å²) in [7, 11) is 0. The standard InChI is InChI=1S/C22H26Cl2N2O4.ClH/c23-18-3-1-4-19(24)21(18)30-14-13-28-17-7-5-16(6-8-17)15-20-22(25)26(9-2-11-27)10-12-29-20;/h1,3-8,11,20,22H,2,9-10,12-15,25H2;1H. The van der Waals surface area contributed by atoms with E-state index in [1.165, 1.54) is 0 Å². The van der Waals surface area contributed by atoms with E-state index in [0.717, 1.165) is 24.1 Å². The second-order valence-electron chi connectivity index (χ2n) is 6.99. The first-order chi connectivity index (χ1) is 14.6. The van der Waals surface area contributed by atoms with Gasteiger partial charge in [0, 0.05) is 25.9 Å². The molecule has 0 amide bonds. The van der Waals surface area contributed by atoms with Crippen LogP contribution < -0.4 is 15.2 Å². The van der Waals surface area contributed by atoms with Crippen molar-refractivity contribution in [2.75, 3.05) is 32.9 Å². The molecule has 2 aromatic carbocycles. The maximum absolute atomic E-state index is 10.6. The minimum atomic E-state index is -0.219. The van der Waals surface area contributed by atoms with Gasteiger partial charge in [-0.05, 0) is 29.8 Å². The number of carbonyl (C=O) groups excluding carboxylic acids is 1. The van der Waals surface area contributed by atoms with Gasteiger partial charge in [-0.25, -0.2) is 0 Å². The Labute approximate surface area is 198 Å². The molecule has 2 atom stereocenters. The summed E-state index contributed by atoms with van der Waals surface area (Å²) >= 11 is 12.2. The van der Waals surface area contributed by atoms with Gasteiger partial charge in [-0.1, -0.05) is 41.4 Å². The quantitative estimate of drug-likeness (QED) is 0.402. The van der Waals surface area contributed by atoms with Gasteiger partial charge in [0.1, 0.15) is 25.2 Å². The van der Waals surface area contributed by atoms with Crippen molar-refractivity contribution < 1.29 is 19.0 Å². The van der Waals surface area contributed by atoms with Crippen molar-refractivity contribution >= 4 is 41.9 Å². The predicted octanol–water partition coefficient (Wildman–Crippen LogP) is 3.99. The number of morpholine rings is 1. The van der Waals surface area contributed by atoms with Crippen LogP contribution >= 0.6 is 35.6 Å². The number of rotatable bonds is 10. The van der Waals surface area contributed by atoms with E-state index < -0.39 is 0 Å². The van der Waals surface area contributed by atoms with Crippen molar-refractivity contribution in [1.29, 1.82) is 0 Å². The van der Waals surface area contributed by atoms with Crippen LogP contribution in [0.25, 0.3) is 0 Å². The number of hydrogen-bond acceptors (Lipinski definition) is 6. The van der Waals surface area contributed by atoms with Gasteiger partial charge in [0.15, 0.2) is 5.75 Å². The predicted molar refractivity (Wildman–Crippen MR) is 125 cm³/mol. The average Bonchev–Trinajstić information content (AvgIpc) is 2.74. The SMILES string of the molecule is Cl.NC1C(Cc2ccc(OCCOc3c(Cl)cccc3Cl)cc2)OCCN1CCC=O. The second-order valence-corrected chi connectivity index (χ2v) is 7.80. The number of halogens is 3. The average molecular weight is 490 g/mol. The molecule has 1 saturated heterocycles. The first-order valence-electron chi connectivity index (χ1n) is 9.92. The van der Waals surface area contributed by atoms with Crippen molar-refractivity contribution in [3.05, 3.63) is 58.1 Å². The summed E-state index contributed by atoms with van der Waals surface area (Å²) in [6.07, 6.45) is 1.78. The molecule has 0 saturated carbocycles. The van der Waals surface area contributed by atoms with Gasteiger partial charge >= 0.3 is 0 Å². The van der Waals surface area contributed by atoms with E-state index in [2.05, 4.69) is 4.90 Å². The zero-order valence-electron chi connectivity index (χ0n) is 17.0. The Bertz CT molecular complexity index is 803. The molecule has 0 radical (unpaired) electrons. The number of benzene rings is 2. The molecule has 3 rings (SSSR count). The third-order valence-corrected chi connectivity index (χ3v) is 5.52. The normalized spacial score (nSPS) is 18.8. The molecule has 1 fully saturated rings. The Morgan fingerprint density at radius 3 is 2.45 bits per heavy atom. The highest BCUT2D eigenvalue weighted by molar-refractivity contribution is 6.37. The molecule has 1 aliphatic heterocycles. The van der Waals surface area contributed by atoms with E-state index >= 15 is 0 Å². The molecular weight excluding hydrogens is 463 g/mol. The Kier molecular flexibility index (Phi) is 10.9. The van der Waals surface area contributed by atoms with Crippen molar-refractivity contribution in [2.24, 2.45) is 5.73 Å². The molecule has 1 heterocycles. The molecular formula is C22H27Cl3N2O4. The molecule has 2 N–H and O–H groups in total. The van der Waals surface area contributed by atoms with E-state index in [1.807, 2.05) is 24.3 Å². The van der Waals surface area contributed by atoms with Crippen LogP contribution in [0.3, 0.4) is 0 Å². The van der Waals surface area contributed by atoms with E-state index in [0.29, 0.717) is 55.0 Å². The van der Waals surface area contributed by atoms with Crippen molar-refractivity contribution in [2.45, 2.75) is 25.1 Å². The van der Waals surface area contributed by atoms with Crippen molar-refractivity contribution in [1.82, 2.24) is 4.90 Å². The molecule has 0 aromatic heterocycles. The fraction of sp³-hybridized carbons (Fsp3) is 0.409. The molecule has 0 aliphatic carbocycles. The molecule has 31 heavy (non-hydrogen) atoms. The first kappa shape index (κ1) is 25.7. The summed E-state index contributed by atoms with van der Waals surface area (Å²) in [5.41, 5.74) is 7.43. The highest BCUT2D eigenvalue weighted by Gasteiger charge is 2.29. The summed E-state index contributed by atoms with van der Waals surface area (Å²) in [6.45, 7) is 2.72. The molecule has 170 valence electrons. The van der Waals surface area contributed by atoms with E-state index in [4.69, 9.17) is 43.1 Å². The zero-order chi connectivity index (χ0) is 21.3. The lowest BCUT2D eigenvalue weighted by atomic mass is 10.0. The number of nitrogens with zero attached hydrogens (tertiary/aromatic N) is 1. The van der Waals surface area contributed by atoms with Gasteiger partial charge in [-0.2, -0.15) is 0 Å². The number of aldehydes is 1. The molecule has 2 aromatic rings.